The summed E-state index contributed by atoms with van der Waals surface area (Å²) in [5.41, 5.74) is 0.920. The van der Waals surface area contributed by atoms with Crippen LogP contribution in [-0.2, 0) is 4.74 Å². The zero-order chi connectivity index (χ0) is 16.2. The molecule has 1 fully saturated rings. The second-order valence-corrected chi connectivity index (χ2v) is 6.12. The van der Waals surface area contributed by atoms with Crippen LogP contribution in [0, 0.1) is 5.82 Å². The third-order valence-corrected chi connectivity index (χ3v) is 4.19. The highest BCUT2D eigenvalue weighted by Gasteiger charge is 2.28. The van der Waals surface area contributed by atoms with Crippen LogP contribution in [0.1, 0.15) is 11.7 Å². The molecule has 0 amide bonds. The van der Waals surface area contributed by atoms with Crippen LogP contribution < -0.4 is 10.1 Å². The molecule has 130 valence electrons. The van der Waals surface area contributed by atoms with Crippen LogP contribution in [0.15, 0.2) is 42.5 Å². The van der Waals surface area contributed by atoms with Crippen molar-refractivity contribution in [3.8, 4) is 5.75 Å². The predicted molar refractivity (Wildman–Crippen MR) is 96.1 cm³/mol. The predicted octanol–water partition coefficient (Wildman–Crippen LogP) is 4.66. The van der Waals surface area contributed by atoms with Crippen LogP contribution in [0.4, 0.5) is 4.39 Å². The number of hydrogen-bond donors (Lipinski definition) is 1. The SMILES string of the molecule is Cl.Fc1ccc(O[C@@H](c2ccc(Cl)cc2)[C@@H]2CNCCO2)c(Cl)c1. The van der Waals surface area contributed by atoms with Crippen molar-refractivity contribution in [1.29, 1.82) is 0 Å². The minimum absolute atomic E-state index is 0. The van der Waals surface area contributed by atoms with Crippen molar-refractivity contribution >= 4 is 35.6 Å². The Bertz CT molecular complexity index is 663. The highest BCUT2D eigenvalue weighted by molar-refractivity contribution is 6.32. The Morgan fingerprint density at radius 2 is 1.92 bits per heavy atom. The van der Waals surface area contributed by atoms with E-state index < -0.39 is 5.82 Å². The first-order valence-electron chi connectivity index (χ1n) is 7.33. The van der Waals surface area contributed by atoms with Gasteiger partial charge in [-0.1, -0.05) is 35.3 Å². The van der Waals surface area contributed by atoms with Gasteiger partial charge in [-0.3, -0.25) is 0 Å². The van der Waals surface area contributed by atoms with Crippen LogP contribution in [-0.4, -0.2) is 25.8 Å². The Labute approximate surface area is 156 Å². The molecule has 0 bridgehead atoms. The molecule has 0 aromatic heterocycles. The maximum Gasteiger partial charge on any atom is 0.151 e. The number of morpholine rings is 1. The molecule has 2 aromatic rings. The zero-order valence-corrected chi connectivity index (χ0v) is 15.0. The van der Waals surface area contributed by atoms with Crippen LogP contribution in [0.25, 0.3) is 0 Å². The smallest absolute Gasteiger partial charge is 0.151 e. The lowest BCUT2D eigenvalue weighted by molar-refractivity contribution is -0.0432. The first kappa shape index (κ1) is 19.3. The number of nitrogens with one attached hydrogen (secondary N) is 1. The molecule has 1 heterocycles. The van der Waals surface area contributed by atoms with Gasteiger partial charge in [0.05, 0.1) is 11.6 Å². The van der Waals surface area contributed by atoms with Gasteiger partial charge in [-0.05, 0) is 35.9 Å². The number of ether oxygens (including phenoxy) is 2. The Hall–Kier alpha value is -1.04. The molecule has 0 radical (unpaired) electrons. The van der Waals surface area contributed by atoms with E-state index in [1.165, 1.54) is 18.2 Å². The molecule has 0 spiro atoms. The molecule has 0 saturated carbocycles. The lowest BCUT2D eigenvalue weighted by atomic mass is 10.0. The van der Waals surface area contributed by atoms with Crippen molar-refractivity contribution in [2.45, 2.75) is 12.2 Å². The van der Waals surface area contributed by atoms with Crippen LogP contribution >= 0.6 is 35.6 Å². The summed E-state index contributed by atoms with van der Waals surface area (Å²) in [5, 5.41) is 4.16. The fraction of sp³-hybridized carbons (Fsp3) is 0.294. The van der Waals surface area contributed by atoms with E-state index >= 15 is 0 Å². The van der Waals surface area contributed by atoms with Gasteiger partial charge >= 0.3 is 0 Å². The molecule has 1 N–H and O–H groups in total. The van der Waals surface area contributed by atoms with Gasteiger partial charge in [-0.15, -0.1) is 12.4 Å². The second-order valence-electron chi connectivity index (χ2n) is 5.28. The first-order valence-corrected chi connectivity index (χ1v) is 8.08. The van der Waals surface area contributed by atoms with E-state index in [1.807, 2.05) is 12.1 Å². The average Bonchev–Trinajstić information content (AvgIpc) is 2.56. The van der Waals surface area contributed by atoms with Gasteiger partial charge in [-0.25, -0.2) is 4.39 Å². The van der Waals surface area contributed by atoms with E-state index in [0.29, 0.717) is 23.9 Å². The van der Waals surface area contributed by atoms with E-state index in [9.17, 15) is 4.39 Å². The molecule has 7 heteroatoms. The lowest BCUT2D eigenvalue weighted by Gasteiger charge is -2.32. The van der Waals surface area contributed by atoms with Gasteiger partial charge in [0.25, 0.3) is 0 Å². The maximum atomic E-state index is 13.2. The second kappa shape index (κ2) is 8.88. The van der Waals surface area contributed by atoms with Crippen LogP contribution in [0.5, 0.6) is 5.75 Å². The van der Waals surface area contributed by atoms with Gasteiger partial charge in [0.2, 0.25) is 0 Å². The molecule has 2 aromatic carbocycles. The number of hydrogen-bond acceptors (Lipinski definition) is 3. The number of rotatable bonds is 4. The van der Waals surface area contributed by atoms with E-state index in [4.69, 9.17) is 32.7 Å². The molecule has 0 aliphatic carbocycles. The summed E-state index contributed by atoms with van der Waals surface area (Å²) in [5.74, 6) is 0.0168. The van der Waals surface area contributed by atoms with Crippen molar-refractivity contribution < 1.29 is 13.9 Å². The standard InChI is InChI=1S/C17H16Cl2FNO2.ClH/c18-12-3-1-11(2-4-12)17(16-10-21-7-8-22-16)23-15-6-5-13(20)9-14(15)19;/h1-6,9,16-17,21H,7-8,10H2;1H/t16-,17-;/m0./s1. The van der Waals surface area contributed by atoms with Crippen LogP contribution in [0.2, 0.25) is 10.0 Å². The molecule has 3 nitrogen and oxygen atoms in total. The van der Waals surface area contributed by atoms with Gasteiger partial charge in [0.1, 0.15) is 17.7 Å². The summed E-state index contributed by atoms with van der Waals surface area (Å²) < 4.78 is 25.1. The Morgan fingerprint density at radius 1 is 1.17 bits per heavy atom. The Morgan fingerprint density at radius 3 is 2.54 bits per heavy atom. The first-order chi connectivity index (χ1) is 11.1. The number of halogens is 4. The molecule has 1 aliphatic heterocycles. The minimum atomic E-state index is -0.402. The summed E-state index contributed by atoms with van der Waals surface area (Å²) in [4.78, 5) is 0. The topological polar surface area (TPSA) is 30.5 Å². The Balaban J connectivity index is 0.00000208. The highest BCUT2D eigenvalue weighted by atomic mass is 35.5. The third-order valence-electron chi connectivity index (χ3n) is 3.64. The molecule has 3 rings (SSSR count). The third kappa shape index (κ3) is 4.74. The molecule has 24 heavy (non-hydrogen) atoms. The summed E-state index contributed by atoms with van der Waals surface area (Å²) in [6, 6.07) is 11.5. The summed E-state index contributed by atoms with van der Waals surface area (Å²) in [6.07, 6.45) is -0.547. The maximum absolute atomic E-state index is 13.2. The van der Waals surface area contributed by atoms with E-state index in [2.05, 4.69) is 5.32 Å². The van der Waals surface area contributed by atoms with Gasteiger partial charge < -0.3 is 14.8 Å². The average molecular weight is 393 g/mol. The fourth-order valence-electron chi connectivity index (χ4n) is 2.50. The quantitative estimate of drug-likeness (QED) is 0.820. The van der Waals surface area contributed by atoms with E-state index in [0.717, 1.165) is 12.1 Å². The minimum Gasteiger partial charge on any atom is -0.481 e. The fourth-order valence-corrected chi connectivity index (χ4v) is 2.84. The van der Waals surface area contributed by atoms with E-state index in [1.54, 1.807) is 12.1 Å². The van der Waals surface area contributed by atoms with Crippen LogP contribution in [0.3, 0.4) is 0 Å². The molecule has 1 saturated heterocycles. The highest BCUT2D eigenvalue weighted by Crippen LogP contribution is 2.32. The van der Waals surface area contributed by atoms with Crippen molar-refractivity contribution in [2.24, 2.45) is 0 Å². The number of benzene rings is 2. The van der Waals surface area contributed by atoms with Crippen molar-refractivity contribution in [3.05, 3.63) is 63.9 Å². The largest absolute Gasteiger partial charge is 0.481 e. The zero-order valence-electron chi connectivity index (χ0n) is 12.7. The van der Waals surface area contributed by atoms with Crippen molar-refractivity contribution in [1.82, 2.24) is 5.32 Å². The van der Waals surface area contributed by atoms with Gasteiger partial charge in [0, 0.05) is 18.1 Å². The van der Waals surface area contributed by atoms with Gasteiger partial charge in [0.15, 0.2) is 6.10 Å². The summed E-state index contributed by atoms with van der Waals surface area (Å²) >= 11 is 12.0. The van der Waals surface area contributed by atoms with Crippen molar-refractivity contribution in [2.75, 3.05) is 19.7 Å². The molecule has 0 unspecified atom stereocenters. The van der Waals surface area contributed by atoms with Gasteiger partial charge in [-0.2, -0.15) is 0 Å². The Kier molecular flexibility index (Phi) is 7.14. The van der Waals surface area contributed by atoms with E-state index in [-0.39, 0.29) is 29.6 Å². The molecular formula is C17H17Cl3FNO2. The molecule has 1 aliphatic rings. The summed E-state index contributed by atoms with van der Waals surface area (Å²) in [6.45, 7) is 2.07. The van der Waals surface area contributed by atoms with Crippen molar-refractivity contribution in [3.63, 3.8) is 0 Å². The molecule has 2 atom stereocenters. The normalized spacial score (nSPS) is 18.5. The molecular weight excluding hydrogens is 376 g/mol. The lowest BCUT2D eigenvalue weighted by Crippen LogP contribution is -2.43. The summed E-state index contributed by atoms with van der Waals surface area (Å²) in [7, 11) is 0. The monoisotopic (exact) mass is 391 g/mol.